The third kappa shape index (κ3) is 9.64. The molecule has 0 spiro atoms. The smallest absolute Gasteiger partial charge is 0.330 e. The van der Waals surface area contributed by atoms with Crippen molar-refractivity contribution in [1.29, 1.82) is 0 Å². The SMILES string of the molecule is C[C@@H]1O[C@@H](Oc2c(-c3ccc(O)cc3)oc3cc(O[C@@H]4O[C@H](CO)[C@@H](O)[C@H](O)[C@H]4O)cc(O)c3c2=O)[C@@H](O[C@@H]2O[C@H](COC(=O)/C=C/c3ccc(O)cc3)[C@@H](O)[C@H](O)[C@H]2O)[C@H](O)[C@H]1O. The lowest BCUT2D eigenvalue weighted by molar-refractivity contribution is -0.355. The van der Waals surface area contributed by atoms with Crippen LogP contribution in [0.2, 0.25) is 0 Å². The van der Waals surface area contributed by atoms with Crippen molar-refractivity contribution in [3.05, 3.63) is 82.5 Å². The van der Waals surface area contributed by atoms with Gasteiger partial charge in [-0.3, -0.25) is 4.79 Å². The van der Waals surface area contributed by atoms with Crippen LogP contribution >= 0.6 is 0 Å². The van der Waals surface area contributed by atoms with Crippen molar-refractivity contribution in [2.75, 3.05) is 13.2 Å². The monoisotopic (exact) mass is 902 g/mol. The van der Waals surface area contributed by atoms with Crippen molar-refractivity contribution in [2.24, 2.45) is 0 Å². The number of phenols is 3. The van der Waals surface area contributed by atoms with Crippen LogP contribution in [0.25, 0.3) is 28.4 Å². The average molecular weight is 903 g/mol. The standard InChI is InChI=1S/C42H46O22/c1-16-28(48)34(54)39(64-41-36(56)33(53)30(50)25(62-41)15-57-26(47)11-4-17-2-7-19(44)8-3-17)42(58-16)63-38-31(51)27-22(46)12-21(59-40-35(55)32(52)29(49)24(14-43)61-40)13-23(27)60-37(38)18-5-9-20(45)10-6-18/h2-13,16,24-25,28-30,32-36,39-46,48-50,52-56H,14-15H2,1H3/b11-4+/t16-,24+,25+,28-,29+,30+,32-,33-,34+,35+,36+,39-,40+,41-,42-/m0/s1. The summed E-state index contributed by atoms with van der Waals surface area (Å²) in [6.07, 6.45) is -23.9. The van der Waals surface area contributed by atoms with E-state index < -0.39 is 134 Å². The summed E-state index contributed by atoms with van der Waals surface area (Å²) in [6.45, 7) is -0.0916. The van der Waals surface area contributed by atoms with E-state index in [1.165, 1.54) is 61.5 Å². The molecular formula is C42H46O22. The van der Waals surface area contributed by atoms with Crippen molar-refractivity contribution in [2.45, 2.75) is 99.0 Å². The van der Waals surface area contributed by atoms with Crippen LogP contribution in [0.1, 0.15) is 12.5 Å². The molecule has 12 N–H and O–H groups in total. The molecule has 3 aliphatic heterocycles. The highest BCUT2D eigenvalue weighted by atomic mass is 16.8. The summed E-state index contributed by atoms with van der Waals surface area (Å²) < 4.78 is 45.8. The molecule has 22 nitrogen and oxygen atoms in total. The molecule has 7 rings (SSSR count). The van der Waals surface area contributed by atoms with Crippen molar-refractivity contribution in [3.63, 3.8) is 0 Å². The van der Waals surface area contributed by atoms with Gasteiger partial charge >= 0.3 is 5.97 Å². The minimum Gasteiger partial charge on any atom is -0.508 e. The van der Waals surface area contributed by atoms with Gasteiger partial charge in [-0.1, -0.05) is 12.1 Å². The molecule has 3 aliphatic rings. The second-order valence-electron chi connectivity index (χ2n) is 15.2. The molecule has 15 atom stereocenters. The van der Waals surface area contributed by atoms with Crippen LogP contribution < -0.4 is 14.9 Å². The lowest BCUT2D eigenvalue weighted by Gasteiger charge is -2.45. The normalized spacial score (nSPS) is 33.2. The summed E-state index contributed by atoms with van der Waals surface area (Å²) >= 11 is 0. The van der Waals surface area contributed by atoms with E-state index in [1.807, 2.05) is 0 Å². The maximum atomic E-state index is 14.4. The van der Waals surface area contributed by atoms with Gasteiger partial charge < -0.3 is 98.9 Å². The number of ether oxygens (including phenoxy) is 7. The zero-order valence-corrected chi connectivity index (χ0v) is 33.5. The summed E-state index contributed by atoms with van der Waals surface area (Å²) in [5.41, 5.74) is -0.785. The number of benzene rings is 3. The van der Waals surface area contributed by atoms with Gasteiger partial charge in [0.05, 0.1) is 12.7 Å². The van der Waals surface area contributed by atoms with Gasteiger partial charge in [0, 0.05) is 23.8 Å². The molecular weight excluding hydrogens is 856 g/mol. The fraction of sp³-hybridized carbons (Fsp3) is 0.429. The summed E-state index contributed by atoms with van der Waals surface area (Å²) in [7, 11) is 0. The minimum absolute atomic E-state index is 0.00919. The number of esters is 1. The number of carbonyl (C=O) groups is 1. The Morgan fingerprint density at radius 3 is 1.95 bits per heavy atom. The second kappa shape index (κ2) is 19.3. The van der Waals surface area contributed by atoms with E-state index in [0.717, 1.165) is 18.2 Å². The van der Waals surface area contributed by atoms with E-state index in [-0.39, 0.29) is 34.2 Å². The molecule has 1 aromatic heterocycles. The fourth-order valence-corrected chi connectivity index (χ4v) is 7.18. The predicted octanol–water partition coefficient (Wildman–Crippen LogP) is -1.95. The first kappa shape index (κ1) is 46.5. The van der Waals surface area contributed by atoms with Crippen molar-refractivity contribution < 1.29 is 104 Å². The van der Waals surface area contributed by atoms with Crippen LogP contribution in [0.5, 0.6) is 28.7 Å². The Morgan fingerprint density at radius 2 is 1.30 bits per heavy atom. The maximum absolute atomic E-state index is 14.4. The highest BCUT2D eigenvalue weighted by Gasteiger charge is 2.51. The number of rotatable bonds is 12. The lowest BCUT2D eigenvalue weighted by Crippen LogP contribution is -2.64. The number of hydrogen-bond donors (Lipinski definition) is 12. The topological polar surface area (TPSA) is 355 Å². The molecule has 3 saturated heterocycles. The van der Waals surface area contributed by atoms with Crippen LogP contribution in [-0.2, 0) is 28.5 Å². The van der Waals surface area contributed by atoms with Gasteiger partial charge in [0.15, 0.2) is 18.2 Å². The number of aliphatic hydroxyl groups is 9. The molecule has 4 heterocycles. The number of carbonyl (C=O) groups excluding carboxylic acids is 1. The Labute approximate surface area is 361 Å². The zero-order valence-electron chi connectivity index (χ0n) is 33.5. The van der Waals surface area contributed by atoms with Crippen LogP contribution in [0.15, 0.2) is 76.0 Å². The highest BCUT2D eigenvalue weighted by Crippen LogP contribution is 2.39. The van der Waals surface area contributed by atoms with Gasteiger partial charge in [-0.05, 0) is 55.0 Å². The average Bonchev–Trinajstić information content (AvgIpc) is 3.27. The summed E-state index contributed by atoms with van der Waals surface area (Å²) in [4.78, 5) is 26.9. The lowest BCUT2D eigenvalue weighted by atomic mass is 9.97. The quantitative estimate of drug-likeness (QED) is 0.0543. The highest BCUT2D eigenvalue weighted by molar-refractivity contribution is 5.88. The third-order valence-electron chi connectivity index (χ3n) is 10.8. The van der Waals surface area contributed by atoms with E-state index in [0.29, 0.717) is 5.56 Å². The maximum Gasteiger partial charge on any atom is 0.330 e. The molecule has 3 aromatic carbocycles. The first-order chi connectivity index (χ1) is 30.4. The number of fused-ring (bicyclic) bond motifs is 1. The summed E-state index contributed by atoms with van der Waals surface area (Å²) in [5.74, 6) is -3.18. The molecule has 0 bridgehead atoms. The largest absolute Gasteiger partial charge is 0.508 e. The van der Waals surface area contributed by atoms with E-state index in [9.17, 15) is 70.9 Å². The Balaban J connectivity index is 1.17. The van der Waals surface area contributed by atoms with Crippen molar-refractivity contribution in [3.8, 4) is 40.1 Å². The van der Waals surface area contributed by atoms with Gasteiger partial charge in [-0.25, -0.2) is 4.79 Å². The van der Waals surface area contributed by atoms with Crippen molar-refractivity contribution >= 4 is 23.0 Å². The summed E-state index contributed by atoms with van der Waals surface area (Å²) in [5, 5.41) is 125. The van der Waals surface area contributed by atoms with Gasteiger partial charge in [0.1, 0.15) is 102 Å². The molecule has 0 saturated carbocycles. The van der Waals surface area contributed by atoms with E-state index >= 15 is 0 Å². The van der Waals surface area contributed by atoms with Crippen LogP contribution in [0.4, 0.5) is 0 Å². The van der Waals surface area contributed by atoms with Crippen LogP contribution in [-0.4, -0.2) is 173 Å². The molecule has 3 fully saturated rings. The number of phenolic OH excluding ortho intramolecular Hbond substituents is 3. The molecule has 346 valence electrons. The van der Waals surface area contributed by atoms with E-state index in [4.69, 9.17) is 37.6 Å². The zero-order chi connectivity index (χ0) is 46.1. The Kier molecular flexibility index (Phi) is 14.1. The third-order valence-corrected chi connectivity index (χ3v) is 10.8. The Bertz CT molecular complexity index is 2330. The van der Waals surface area contributed by atoms with Crippen LogP contribution in [0.3, 0.4) is 0 Å². The van der Waals surface area contributed by atoms with Gasteiger partial charge in [-0.15, -0.1) is 0 Å². The second-order valence-corrected chi connectivity index (χ2v) is 15.2. The first-order valence-electron chi connectivity index (χ1n) is 19.7. The molecule has 22 heteroatoms. The molecule has 0 aliphatic carbocycles. The predicted molar refractivity (Wildman–Crippen MR) is 212 cm³/mol. The Morgan fingerprint density at radius 1 is 0.688 bits per heavy atom. The number of hydrogen-bond acceptors (Lipinski definition) is 22. The molecule has 0 unspecified atom stereocenters. The van der Waals surface area contributed by atoms with Gasteiger partial charge in [0.2, 0.25) is 23.8 Å². The Hall–Kier alpha value is -5.44. The number of aromatic hydroxyl groups is 3. The first-order valence-corrected chi connectivity index (χ1v) is 19.7. The molecule has 64 heavy (non-hydrogen) atoms. The molecule has 0 amide bonds. The van der Waals surface area contributed by atoms with Gasteiger partial charge in [0.25, 0.3) is 0 Å². The van der Waals surface area contributed by atoms with E-state index in [1.54, 1.807) is 0 Å². The molecule has 4 aromatic rings. The van der Waals surface area contributed by atoms with Crippen LogP contribution in [0, 0.1) is 0 Å². The minimum atomic E-state index is -2.03. The van der Waals surface area contributed by atoms with Crippen molar-refractivity contribution in [1.82, 2.24) is 0 Å². The summed E-state index contributed by atoms with van der Waals surface area (Å²) in [6, 6.07) is 13.0. The fourth-order valence-electron chi connectivity index (χ4n) is 7.18. The van der Waals surface area contributed by atoms with Gasteiger partial charge in [-0.2, -0.15) is 0 Å². The molecule has 0 radical (unpaired) electrons. The number of aliphatic hydroxyl groups excluding tert-OH is 9. The van der Waals surface area contributed by atoms with E-state index in [2.05, 4.69) is 0 Å².